The van der Waals surface area contributed by atoms with Gasteiger partial charge in [-0.1, -0.05) is 26.0 Å². The molecular weight excluding hydrogens is 468 g/mol. The Morgan fingerprint density at radius 1 is 0.889 bits per heavy atom. The lowest BCUT2D eigenvalue weighted by molar-refractivity contribution is -0.153. The van der Waals surface area contributed by atoms with Crippen LogP contribution in [0.1, 0.15) is 32.8 Å². The molecule has 194 valence electrons. The van der Waals surface area contributed by atoms with E-state index < -0.39 is 23.4 Å². The van der Waals surface area contributed by atoms with Gasteiger partial charge in [0.05, 0.1) is 6.61 Å². The molecule has 2 aromatic rings. The molecule has 1 aliphatic heterocycles. The SMILES string of the molecule is CC.CCOCCC1(Oc2ccc(Oc3ccc(CNC(=O)NC)cc3)cc2)C(=O)NC(=O)NC1=O. The molecular formula is C25H32N4O7. The first kappa shape index (κ1) is 28.1. The zero-order valence-electron chi connectivity index (χ0n) is 20.8. The number of urea groups is 2. The minimum Gasteiger partial charge on any atom is -0.467 e. The monoisotopic (exact) mass is 500 g/mol. The lowest BCUT2D eigenvalue weighted by Gasteiger charge is -2.34. The Labute approximate surface area is 209 Å². The number of imide groups is 2. The first-order chi connectivity index (χ1) is 17.4. The van der Waals surface area contributed by atoms with E-state index in [1.807, 2.05) is 26.0 Å². The third-order valence-electron chi connectivity index (χ3n) is 4.95. The second-order valence-corrected chi connectivity index (χ2v) is 7.26. The molecule has 0 saturated carbocycles. The van der Waals surface area contributed by atoms with Crippen molar-refractivity contribution in [3.63, 3.8) is 0 Å². The van der Waals surface area contributed by atoms with E-state index in [2.05, 4.69) is 21.3 Å². The first-order valence-electron chi connectivity index (χ1n) is 11.6. The van der Waals surface area contributed by atoms with Gasteiger partial charge in [-0.15, -0.1) is 0 Å². The molecule has 11 nitrogen and oxygen atoms in total. The molecule has 6 amide bonds. The molecule has 36 heavy (non-hydrogen) atoms. The summed E-state index contributed by atoms with van der Waals surface area (Å²) in [6.07, 6.45) is -0.0782. The Balaban J connectivity index is 0.00000222. The number of carbonyl (C=O) groups excluding carboxylic acids is 4. The average Bonchev–Trinajstić information content (AvgIpc) is 2.88. The molecule has 0 radical (unpaired) electrons. The fourth-order valence-corrected chi connectivity index (χ4v) is 3.13. The number of nitrogens with one attached hydrogen (secondary N) is 4. The fraction of sp³-hybridized carbons (Fsp3) is 0.360. The largest absolute Gasteiger partial charge is 0.467 e. The summed E-state index contributed by atoms with van der Waals surface area (Å²) >= 11 is 0. The van der Waals surface area contributed by atoms with Crippen molar-refractivity contribution in [1.29, 1.82) is 0 Å². The van der Waals surface area contributed by atoms with Crippen LogP contribution in [0.15, 0.2) is 48.5 Å². The predicted octanol–water partition coefficient (Wildman–Crippen LogP) is 2.84. The highest BCUT2D eigenvalue weighted by Crippen LogP contribution is 2.28. The highest BCUT2D eigenvalue weighted by atomic mass is 16.5. The van der Waals surface area contributed by atoms with Gasteiger partial charge in [-0.05, 0) is 48.9 Å². The Bertz CT molecular complexity index is 1020. The summed E-state index contributed by atoms with van der Waals surface area (Å²) in [4.78, 5) is 47.8. The van der Waals surface area contributed by atoms with Crippen molar-refractivity contribution in [3.05, 3.63) is 54.1 Å². The molecule has 0 bridgehead atoms. The lowest BCUT2D eigenvalue weighted by atomic mass is 9.95. The van der Waals surface area contributed by atoms with Crippen molar-refractivity contribution in [2.24, 2.45) is 0 Å². The highest BCUT2D eigenvalue weighted by molar-refractivity contribution is 6.21. The smallest absolute Gasteiger partial charge is 0.328 e. The minimum atomic E-state index is -1.94. The van der Waals surface area contributed by atoms with Crippen LogP contribution in [0.4, 0.5) is 9.59 Å². The number of rotatable bonds is 10. The van der Waals surface area contributed by atoms with Crippen LogP contribution in [0.2, 0.25) is 0 Å². The Hall–Kier alpha value is -4.12. The van der Waals surface area contributed by atoms with E-state index in [9.17, 15) is 19.2 Å². The average molecular weight is 501 g/mol. The summed E-state index contributed by atoms with van der Waals surface area (Å²) in [5, 5.41) is 9.32. The van der Waals surface area contributed by atoms with Crippen molar-refractivity contribution >= 4 is 23.9 Å². The van der Waals surface area contributed by atoms with Gasteiger partial charge in [0.25, 0.3) is 17.4 Å². The Morgan fingerprint density at radius 2 is 1.42 bits per heavy atom. The normalized spacial score (nSPS) is 13.9. The molecule has 3 rings (SSSR count). The van der Waals surface area contributed by atoms with Gasteiger partial charge in [0.1, 0.15) is 17.2 Å². The van der Waals surface area contributed by atoms with Crippen LogP contribution >= 0.6 is 0 Å². The highest BCUT2D eigenvalue weighted by Gasteiger charge is 2.52. The third-order valence-corrected chi connectivity index (χ3v) is 4.95. The van der Waals surface area contributed by atoms with E-state index >= 15 is 0 Å². The molecule has 1 saturated heterocycles. The van der Waals surface area contributed by atoms with Gasteiger partial charge in [-0.3, -0.25) is 20.2 Å². The van der Waals surface area contributed by atoms with Crippen molar-refractivity contribution in [3.8, 4) is 17.2 Å². The van der Waals surface area contributed by atoms with Gasteiger partial charge < -0.3 is 24.8 Å². The van der Waals surface area contributed by atoms with E-state index in [1.54, 1.807) is 50.4 Å². The van der Waals surface area contributed by atoms with Crippen LogP contribution in [0.3, 0.4) is 0 Å². The predicted molar refractivity (Wildman–Crippen MR) is 132 cm³/mol. The summed E-state index contributed by atoms with van der Waals surface area (Å²) in [7, 11) is 1.54. The molecule has 2 aromatic carbocycles. The first-order valence-corrected chi connectivity index (χ1v) is 11.6. The number of amides is 6. The van der Waals surface area contributed by atoms with Gasteiger partial charge in [-0.2, -0.15) is 0 Å². The van der Waals surface area contributed by atoms with E-state index in [0.29, 0.717) is 24.7 Å². The van der Waals surface area contributed by atoms with Crippen LogP contribution in [0.5, 0.6) is 17.2 Å². The summed E-state index contributed by atoms with van der Waals surface area (Å²) in [6, 6.07) is 12.4. The number of hydrogen-bond acceptors (Lipinski definition) is 7. The second-order valence-electron chi connectivity index (χ2n) is 7.26. The molecule has 11 heteroatoms. The number of barbiturate groups is 1. The number of hydrogen-bond donors (Lipinski definition) is 4. The van der Waals surface area contributed by atoms with Crippen molar-refractivity contribution < 1.29 is 33.4 Å². The molecule has 0 unspecified atom stereocenters. The summed E-state index contributed by atoms with van der Waals surface area (Å²) < 4.78 is 16.9. The van der Waals surface area contributed by atoms with Crippen LogP contribution in [0.25, 0.3) is 0 Å². The van der Waals surface area contributed by atoms with E-state index in [0.717, 1.165) is 5.56 Å². The van der Waals surface area contributed by atoms with Crippen molar-refractivity contribution in [1.82, 2.24) is 21.3 Å². The van der Waals surface area contributed by atoms with E-state index in [-0.39, 0.29) is 24.8 Å². The standard InChI is InChI=1S/C23H26N4O7.C2H6/c1-3-32-13-12-23(19(28)26-22(31)27-20(23)29)34-18-10-8-17(9-11-18)33-16-6-4-15(5-7-16)14-25-21(30)24-2;1-2/h4-11H,3,12-14H2,1-2H3,(H2,24,25,30)(H2,26,27,28,29,31);1-2H3. The molecule has 0 spiro atoms. The lowest BCUT2D eigenvalue weighted by Crippen LogP contribution is -2.69. The maximum Gasteiger partial charge on any atom is 0.328 e. The van der Waals surface area contributed by atoms with Crippen molar-refractivity contribution in [2.45, 2.75) is 39.3 Å². The maximum atomic E-state index is 12.5. The summed E-state index contributed by atoms with van der Waals surface area (Å²) in [5.74, 6) is -0.395. The van der Waals surface area contributed by atoms with Crippen LogP contribution in [-0.2, 0) is 20.9 Å². The zero-order chi connectivity index (χ0) is 26.6. The van der Waals surface area contributed by atoms with Gasteiger partial charge >= 0.3 is 12.1 Å². The van der Waals surface area contributed by atoms with E-state index in [1.165, 1.54) is 0 Å². The van der Waals surface area contributed by atoms with Crippen LogP contribution in [-0.4, -0.2) is 49.7 Å². The van der Waals surface area contributed by atoms with Gasteiger partial charge in [0, 0.05) is 26.6 Å². The molecule has 1 aliphatic rings. The minimum absolute atomic E-state index is 0.0782. The van der Waals surface area contributed by atoms with Crippen molar-refractivity contribution in [2.75, 3.05) is 20.3 Å². The maximum absolute atomic E-state index is 12.5. The number of carbonyl (C=O) groups is 4. The summed E-state index contributed by atoms with van der Waals surface area (Å²) in [6.45, 7) is 6.65. The topological polar surface area (TPSA) is 144 Å². The molecule has 0 aliphatic carbocycles. The molecule has 0 aromatic heterocycles. The molecule has 0 atom stereocenters. The van der Waals surface area contributed by atoms with Crippen LogP contribution < -0.4 is 30.7 Å². The van der Waals surface area contributed by atoms with E-state index in [4.69, 9.17) is 14.2 Å². The zero-order valence-corrected chi connectivity index (χ0v) is 20.8. The number of ether oxygens (including phenoxy) is 3. The fourth-order valence-electron chi connectivity index (χ4n) is 3.13. The van der Waals surface area contributed by atoms with Gasteiger partial charge in [-0.25, -0.2) is 9.59 Å². The Morgan fingerprint density at radius 3 is 1.94 bits per heavy atom. The number of benzene rings is 2. The third kappa shape index (κ3) is 7.44. The van der Waals surface area contributed by atoms with Crippen LogP contribution in [0, 0.1) is 0 Å². The second kappa shape index (κ2) is 13.7. The van der Waals surface area contributed by atoms with Gasteiger partial charge in [0.15, 0.2) is 0 Å². The van der Waals surface area contributed by atoms with Gasteiger partial charge in [0.2, 0.25) is 0 Å². The quantitative estimate of drug-likeness (QED) is 0.290. The molecule has 1 fully saturated rings. The molecule has 1 heterocycles. The summed E-state index contributed by atoms with van der Waals surface area (Å²) in [5.41, 5.74) is -1.04. The molecule has 4 N–H and O–H groups in total. The Kier molecular flexibility index (Phi) is 10.7.